The summed E-state index contributed by atoms with van der Waals surface area (Å²) in [6, 6.07) is 2.38. The minimum Gasteiger partial charge on any atom is -0.353 e. The van der Waals surface area contributed by atoms with Crippen molar-refractivity contribution in [3.8, 4) is 0 Å². The number of aryl methyl sites for hydroxylation is 2. The SMILES string of the molecule is CCN1CCC[C@H]1CNC(=O)CN1C(=O)CSc2nc(C)cc(C)c21. The maximum Gasteiger partial charge on any atom is 0.240 e. The molecule has 0 aromatic carbocycles. The minimum atomic E-state index is -0.103. The molecule has 1 saturated heterocycles. The van der Waals surface area contributed by atoms with Crippen molar-refractivity contribution in [1.29, 1.82) is 0 Å². The van der Waals surface area contributed by atoms with Crippen LogP contribution in [0.5, 0.6) is 0 Å². The van der Waals surface area contributed by atoms with Crippen molar-refractivity contribution in [1.82, 2.24) is 15.2 Å². The van der Waals surface area contributed by atoms with Crippen LogP contribution >= 0.6 is 11.8 Å². The van der Waals surface area contributed by atoms with E-state index in [2.05, 4.69) is 22.1 Å². The minimum absolute atomic E-state index is 0.0301. The molecule has 0 aliphatic carbocycles. The smallest absolute Gasteiger partial charge is 0.240 e. The first-order valence-corrected chi connectivity index (χ1v) is 9.90. The number of anilines is 1. The van der Waals surface area contributed by atoms with Crippen molar-refractivity contribution in [3.05, 3.63) is 17.3 Å². The van der Waals surface area contributed by atoms with Crippen molar-refractivity contribution in [2.45, 2.75) is 44.7 Å². The Labute approximate surface area is 153 Å². The maximum atomic E-state index is 12.4. The van der Waals surface area contributed by atoms with E-state index in [-0.39, 0.29) is 18.4 Å². The summed E-state index contributed by atoms with van der Waals surface area (Å²) in [7, 11) is 0. The van der Waals surface area contributed by atoms with E-state index in [0.29, 0.717) is 18.3 Å². The second-order valence-electron chi connectivity index (χ2n) is 6.73. The summed E-state index contributed by atoms with van der Waals surface area (Å²) in [4.78, 5) is 33.3. The van der Waals surface area contributed by atoms with Crippen LogP contribution in [-0.4, -0.2) is 59.7 Å². The standard InChI is InChI=1S/C18H26N4O2S/c1-4-21-7-5-6-14(21)9-19-15(23)10-22-16(24)11-25-18-17(22)12(2)8-13(3)20-18/h8,14H,4-7,9-11H2,1-3H3,(H,19,23)/t14-/m0/s1. The Hall–Kier alpha value is -1.60. The molecule has 1 fully saturated rings. The summed E-state index contributed by atoms with van der Waals surface area (Å²) in [5.41, 5.74) is 2.71. The highest BCUT2D eigenvalue weighted by Crippen LogP contribution is 2.36. The molecule has 2 aliphatic rings. The molecule has 1 aromatic heterocycles. The van der Waals surface area contributed by atoms with Crippen molar-refractivity contribution < 1.29 is 9.59 Å². The molecule has 7 heteroatoms. The second-order valence-corrected chi connectivity index (χ2v) is 7.70. The molecule has 1 atom stereocenters. The lowest BCUT2D eigenvalue weighted by atomic mass is 10.2. The van der Waals surface area contributed by atoms with E-state index < -0.39 is 0 Å². The molecule has 1 aromatic rings. The van der Waals surface area contributed by atoms with Gasteiger partial charge in [-0.05, 0) is 51.4 Å². The van der Waals surface area contributed by atoms with Crippen molar-refractivity contribution in [2.24, 2.45) is 0 Å². The number of carbonyl (C=O) groups excluding carboxylic acids is 2. The first-order valence-electron chi connectivity index (χ1n) is 8.91. The van der Waals surface area contributed by atoms with Gasteiger partial charge in [-0.2, -0.15) is 0 Å². The second kappa shape index (κ2) is 7.74. The molecule has 1 N–H and O–H groups in total. The zero-order valence-electron chi connectivity index (χ0n) is 15.2. The van der Waals surface area contributed by atoms with Crippen LogP contribution in [-0.2, 0) is 9.59 Å². The number of pyridine rings is 1. The Morgan fingerprint density at radius 2 is 2.24 bits per heavy atom. The first-order chi connectivity index (χ1) is 12.0. The van der Waals surface area contributed by atoms with E-state index in [0.717, 1.165) is 41.5 Å². The lowest BCUT2D eigenvalue weighted by Crippen LogP contribution is -2.46. The molecule has 0 bridgehead atoms. The highest BCUT2D eigenvalue weighted by Gasteiger charge is 2.30. The molecule has 3 rings (SSSR count). The predicted octanol–water partition coefficient (Wildman–Crippen LogP) is 1.74. The molecule has 25 heavy (non-hydrogen) atoms. The topological polar surface area (TPSA) is 65.5 Å². The third kappa shape index (κ3) is 3.98. The van der Waals surface area contributed by atoms with Gasteiger partial charge in [0.15, 0.2) is 0 Å². The molecule has 136 valence electrons. The molecule has 2 aliphatic heterocycles. The summed E-state index contributed by atoms with van der Waals surface area (Å²) in [6.45, 7) is 8.91. The highest BCUT2D eigenvalue weighted by atomic mass is 32.2. The van der Waals surface area contributed by atoms with Gasteiger partial charge in [0, 0.05) is 18.3 Å². The number of thioether (sulfide) groups is 1. The molecule has 0 spiro atoms. The Morgan fingerprint density at radius 3 is 3.00 bits per heavy atom. The Morgan fingerprint density at radius 1 is 1.44 bits per heavy atom. The molecule has 3 heterocycles. The van der Waals surface area contributed by atoms with Gasteiger partial charge in [-0.1, -0.05) is 18.7 Å². The van der Waals surface area contributed by atoms with Gasteiger partial charge in [-0.3, -0.25) is 19.4 Å². The number of nitrogens with one attached hydrogen (secondary N) is 1. The summed E-state index contributed by atoms with van der Waals surface area (Å²) < 4.78 is 0. The summed E-state index contributed by atoms with van der Waals surface area (Å²) in [5.74, 6) is 0.203. The third-order valence-electron chi connectivity index (χ3n) is 4.92. The quantitative estimate of drug-likeness (QED) is 0.864. The van der Waals surface area contributed by atoms with Crippen LogP contribution in [0.3, 0.4) is 0 Å². The molecular formula is C18H26N4O2S. The number of hydrogen-bond acceptors (Lipinski definition) is 5. The van der Waals surface area contributed by atoms with Crippen LogP contribution in [0.1, 0.15) is 31.0 Å². The lowest BCUT2D eigenvalue weighted by molar-refractivity contribution is -0.123. The van der Waals surface area contributed by atoms with Crippen LogP contribution in [0.25, 0.3) is 0 Å². The average Bonchev–Trinajstić information content (AvgIpc) is 3.03. The monoisotopic (exact) mass is 362 g/mol. The number of amides is 2. The van der Waals surface area contributed by atoms with Crippen molar-refractivity contribution in [3.63, 3.8) is 0 Å². The lowest BCUT2D eigenvalue weighted by Gasteiger charge is -2.30. The van der Waals surface area contributed by atoms with Crippen LogP contribution in [0.2, 0.25) is 0 Å². The van der Waals surface area contributed by atoms with E-state index in [1.165, 1.54) is 18.2 Å². The highest BCUT2D eigenvalue weighted by molar-refractivity contribution is 8.00. The first kappa shape index (κ1) is 18.2. The zero-order valence-corrected chi connectivity index (χ0v) is 16.0. The molecule has 2 amide bonds. The van der Waals surface area contributed by atoms with Crippen LogP contribution in [0, 0.1) is 13.8 Å². The molecule has 0 radical (unpaired) electrons. The fourth-order valence-corrected chi connectivity index (χ4v) is 4.73. The molecule has 6 nitrogen and oxygen atoms in total. The van der Waals surface area contributed by atoms with Gasteiger partial charge in [-0.15, -0.1) is 0 Å². The Bertz CT molecular complexity index is 679. The largest absolute Gasteiger partial charge is 0.353 e. The fourth-order valence-electron chi connectivity index (χ4n) is 3.70. The number of nitrogens with zero attached hydrogens (tertiary/aromatic N) is 3. The average molecular weight is 362 g/mol. The van der Waals surface area contributed by atoms with Gasteiger partial charge < -0.3 is 5.32 Å². The van der Waals surface area contributed by atoms with Gasteiger partial charge in [0.25, 0.3) is 0 Å². The van der Waals surface area contributed by atoms with Gasteiger partial charge in [-0.25, -0.2) is 4.98 Å². The maximum absolute atomic E-state index is 12.4. The molecular weight excluding hydrogens is 336 g/mol. The Kier molecular flexibility index (Phi) is 5.64. The molecule has 0 saturated carbocycles. The third-order valence-corrected chi connectivity index (χ3v) is 5.87. The van der Waals surface area contributed by atoms with Gasteiger partial charge >= 0.3 is 0 Å². The van der Waals surface area contributed by atoms with Crippen LogP contribution < -0.4 is 10.2 Å². The predicted molar refractivity (Wildman–Crippen MR) is 100 cm³/mol. The van der Waals surface area contributed by atoms with Gasteiger partial charge in [0.2, 0.25) is 11.8 Å². The van der Waals surface area contributed by atoms with Gasteiger partial charge in [0.05, 0.1) is 11.4 Å². The van der Waals surface area contributed by atoms with Crippen LogP contribution in [0.4, 0.5) is 5.69 Å². The number of aromatic nitrogens is 1. The number of carbonyl (C=O) groups is 2. The van der Waals surface area contributed by atoms with Crippen molar-refractivity contribution in [2.75, 3.05) is 36.8 Å². The Balaban J connectivity index is 1.66. The normalized spacial score (nSPS) is 20.7. The zero-order chi connectivity index (χ0) is 18.0. The number of rotatable bonds is 5. The van der Waals surface area contributed by atoms with E-state index >= 15 is 0 Å². The summed E-state index contributed by atoms with van der Waals surface area (Å²) in [6.07, 6.45) is 2.31. The van der Waals surface area contributed by atoms with E-state index in [1.54, 1.807) is 4.90 Å². The van der Waals surface area contributed by atoms with E-state index in [4.69, 9.17) is 0 Å². The summed E-state index contributed by atoms with van der Waals surface area (Å²) >= 11 is 1.45. The molecule has 0 unspecified atom stereocenters. The van der Waals surface area contributed by atoms with E-state index in [1.807, 2.05) is 19.9 Å². The van der Waals surface area contributed by atoms with E-state index in [9.17, 15) is 9.59 Å². The number of fused-ring (bicyclic) bond motifs is 1. The summed E-state index contributed by atoms with van der Waals surface area (Å²) in [5, 5.41) is 3.86. The number of hydrogen-bond donors (Lipinski definition) is 1. The van der Waals surface area contributed by atoms with Crippen molar-refractivity contribution >= 4 is 29.3 Å². The fraction of sp³-hybridized carbons (Fsp3) is 0.611. The number of likely N-dealkylation sites (N-methyl/N-ethyl adjacent to an activating group) is 1. The van der Waals surface area contributed by atoms with Crippen LogP contribution in [0.15, 0.2) is 11.1 Å². The number of likely N-dealkylation sites (tertiary alicyclic amines) is 1. The van der Waals surface area contributed by atoms with Gasteiger partial charge in [0.1, 0.15) is 11.6 Å².